The Morgan fingerprint density at radius 2 is 1.79 bits per heavy atom. The van der Waals surface area contributed by atoms with Crippen LogP contribution in [0.15, 0.2) is 48.9 Å². The molecule has 0 aliphatic heterocycles. The molecule has 2 fully saturated rings. The Morgan fingerprint density at radius 3 is 2.44 bits per heavy atom. The van der Waals surface area contributed by atoms with E-state index in [4.69, 9.17) is 14.5 Å². The number of pyridine rings is 1. The average molecular weight is 662 g/mol. The minimum atomic E-state index is -1.09. The Balaban J connectivity index is 1.28. The molecule has 0 spiro atoms. The number of amides is 2. The number of alkyl carbamates (subject to hydrolysis) is 1. The van der Waals surface area contributed by atoms with Gasteiger partial charge in [0.05, 0.1) is 19.9 Å². The predicted molar refractivity (Wildman–Crippen MR) is 186 cm³/mol. The van der Waals surface area contributed by atoms with Crippen molar-refractivity contribution in [1.29, 1.82) is 0 Å². The van der Waals surface area contributed by atoms with Crippen LogP contribution in [0.2, 0.25) is 0 Å². The molecule has 2 saturated carbocycles. The van der Waals surface area contributed by atoms with Crippen LogP contribution in [0.5, 0.6) is 5.75 Å². The van der Waals surface area contributed by atoms with E-state index in [1.54, 1.807) is 20.2 Å². The fourth-order valence-electron chi connectivity index (χ4n) is 7.08. The second kappa shape index (κ2) is 16.4. The van der Waals surface area contributed by atoms with Crippen LogP contribution >= 0.6 is 0 Å². The van der Waals surface area contributed by atoms with Crippen molar-refractivity contribution in [3.05, 3.63) is 60.0 Å². The Bertz CT molecular complexity index is 1510. The number of halogens is 1. The lowest BCUT2D eigenvalue weighted by Crippen LogP contribution is -2.43. The van der Waals surface area contributed by atoms with Crippen LogP contribution in [-0.4, -0.2) is 59.2 Å². The Labute approximate surface area is 284 Å². The van der Waals surface area contributed by atoms with E-state index in [0.717, 1.165) is 48.1 Å². The highest BCUT2D eigenvalue weighted by atomic mass is 19.1. The van der Waals surface area contributed by atoms with Gasteiger partial charge in [0.15, 0.2) is 0 Å². The molecule has 48 heavy (non-hydrogen) atoms. The molecule has 10 heteroatoms. The van der Waals surface area contributed by atoms with Gasteiger partial charge in [-0.25, -0.2) is 14.2 Å². The van der Waals surface area contributed by atoms with Gasteiger partial charge in [-0.1, -0.05) is 19.1 Å². The predicted octanol–water partition coefficient (Wildman–Crippen LogP) is 8.18. The third kappa shape index (κ3) is 8.94. The maximum atomic E-state index is 14.3. The van der Waals surface area contributed by atoms with Gasteiger partial charge >= 0.3 is 6.09 Å². The number of benzene rings is 1. The summed E-state index contributed by atoms with van der Waals surface area (Å²) in [5, 5.41) is 7.03. The largest absolute Gasteiger partial charge is 0.496 e. The smallest absolute Gasteiger partial charge is 0.407 e. The first-order chi connectivity index (χ1) is 23.1. The highest BCUT2D eigenvalue weighted by molar-refractivity contribution is 5.94. The zero-order chi connectivity index (χ0) is 34.2. The molecule has 2 aromatic heterocycles. The number of nitrogens with one attached hydrogen (secondary N) is 1. The van der Waals surface area contributed by atoms with Gasteiger partial charge in [-0.05, 0) is 125 Å². The van der Waals surface area contributed by atoms with Gasteiger partial charge in [-0.2, -0.15) is 5.10 Å². The molecule has 260 valence electrons. The van der Waals surface area contributed by atoms with Crippen LogP contribution in [0.25, 0.3) is 11.1 Å². The van der Waals surface area contributed by atoms with Gasteiger partial charge in [-0.15, -0.1) is 0 Å². The number of carbonyl (C=O) groups excluding carboxylic acids is 2. The summed E-state index contributed by atoms with van der Waals surface area (Å²) in [6.45, 7) is 8.59. The molecule has 0 saturated heterocycles. The standard InChI is InChI=1S/C38H52FN5O4/c1-6-33(39)22-41-38(46)48-34-14-11-29(12-15-34)37(45)43(36-20-31(17-18-40-36)32-21-42-44(24-32)25(2)3)23-27-7-9-28(10-8-27)30-13-16-35(47-5)26(4)19-30/h13,16-21,24-25,27-29,33-34H,6-12,14-15,22-23H2,1-5H3,(H,41,46)/t27?,28?,29?,33-,34?/m0/s1. The summed E-state index contributed by atoms with van der Waals surface area (Å²) in [6, 6.07) is 10.7. The average Bonchev–Trinajstić information content (AvgIpc) is 3.61. The van der Waals surface area contributed by atoms with Crippen LogP contribution < -0.4 is 15.0 Å². The first kappa shape index (κ1) is 35.4. The summed E-state index contributed by atoms with van der Waals surface area (Å²) < 4.78 is 26.5. The van der Waals surface area contributed by atoms with Crippen molar-refractivity contribution >= 4 is 17.8 Å². The Morgan fingerprint density at radius 1 is 1.04 bits per heavy atom. The van der Waals surface area contributed by atoms with E-state index >= 15 is 0 Å². The van der Waals surface area contributed by atoms with Crippen molar-refractivity contribution < 1.29 is 23.5 Å². The molecule has 0 bridgehead atoms. The summed E-state index contributed by atoms with van der Waals surface area (Å²) in [5.41, 5.74) is 4.48. The van der Waals surface area contributed by atoms with Crippen LogP contribution in [0.3, 0.4) is 0 Å². The molecule has 3 aromatic rings. The van der Waals surface area contributed by atoms with Gasteiger partial charge < -0.3 is 14.8 Å². The molecule has 2 aliphatic rings. The van der Waals surface area contributed by atoms with Crippen molar-refractivity contribution in [2.45, 2.75) is 110 Å². The number of alkyl halides is 1. The molecule has 5 rings (SSSR count). The lowest BCUT2D eigenvalue weighted by Gasteiger charge is -2.35. The molecule has 2 aliphatic carbocycles. The molecule has 1 aromatic carbocycles. The highest BCUT2D eigenvalue weighted by Gasteiger charge is 2.34. The number of rotatable bonds is 12. The maximum absolute atomic E-state index is 14.3. The number of aromatic nitrogens is 3. The van der Waals surface area contributed by atoms with Gasteiger partial charge in [0.1, 0.15) is 23.8 Å². The summed E-state index contributed by atoms with van der Waals surface area (Å²) >= 11 is 0. The third-order valence-corrected chi connectivity index (χ3v) is 10.1. The molecule has 2 heterocycles. The topological polar surface area (TPSA) is 98.6 Å². The number of nitrogens with zero attached hydrogens (tertiary/aromatic N) is 4. The zero-order valence-corrected chi connectivity index (χ0v) is 29.2. The van der Waals surface area contributed by atoms with Crippen molar-refractivity contribution in [2.75, 3.05) is 25.1 Å². The Hall–Kier alpha value is -3.95. The molecule has 9 nitrogen and oxygen atoms in total. The number of ether oxygens (including phenoxy) is 2. The zero-order valence-electron chi connectivity index (χ0n) is 29.2. The first-order valence-electron chi connectivity index (χ1n) is 17.7. The summed E-state index contributed by atoms with van der Waals surface area (Å²) in [5.74, 6) is 2.34. The number of aryl methyl sites for hydroxylation is 1. The van der Waals surface area contributed by atoms with E-state index in [2.05, 4.69) is 49.4 Å². The second-order valence-electron chi connectivity index (χ2n) is 13.9. The van der Waals surface area contributed by atoms with Gasteiger partial charge in [0, 0.05) is 36.5 Å². The first-order valence-corrected chi connectivity index (χ1v) is 17.7. The van der Waals surface area contributed by atoms with Crippen molar-refractivity contribution in [3.8, 4) is 16.9 Å². The maximum Gasteiger partial charge on any atom is 0.407 e. The van der Waals surface area contributed by atoms with Crippen LogP contribution in [0.1, 0.15) is 102 Å². The van der Waals surface area contributed by atoms with E-state index in [1.165, 1.54) is 5.56 Å². The SMILES string of the molecule is CC[C@H](F)CNC(=O)OC1CCC(C(=O)N(CC2CCC(c3ccc(OC)c(C)c3)CC2)c2cc(-c3cnn(C(C)C)c3)ccn2)CC1. The molecule has 0 unspecified atom stereocenters. The van der Waals surface area contributed by atoms with Gasteiger partial charge in [-0.3, -0.25) is 14.4 Å². The van der Waals surface area contributed by atoms with Crippen LogP contribution in [0, 0.1) is 18.8 Å². The van der Waals surface area contributed by atoms with Crippen molar-refractivity contribution in [3.63, 3.8) is 0 Å². The molecular formula is C38H52FN5O4. The summed E-state index contributed by atoms with van der Waals surface area (Å²) in [4.78, 5) is 33.2. The normalized spacial score (nSPS) is 21.8. The van der Waals surface area contributed by atoms with Crippen LogP contribution in [-0.2, 0) is 9.53 Å². The van der Waals surface area contributed by atoms with E-state index < -0.39 is 12.3 Å². The van der Waals surface area contributed by atoms with E-state index in [1.807, 2.05) is 34.1 Å². The summed E-state index contributed by atoms with van der Waals surface area (Å²) in [7, 11) is 1.71. The van der Waals surface area contributed by atoms with Crippen molar-refractivity contribution in [1.82, 2.24) is 20.1 Å². The van der Waals surface area contributed by atoms with E-state index in [9.17, 15) is 14.0 Å². The molecule has 2 amide bonds. The minimum Gasteiger partial charge on any atom is -0.496 e. The number of methoxy groups -OCH3 is 1. The molecular weight excluding hydrogens is 609 g/mol. The van der Waals surface area contributed by atoms with Gasteiger partial charge in [0.25, 0.3) is 0 Å². The number of carbonyl (C=O) groups is 2. The molecule has 1 N–H and O–H groups in total. The fraction of sp³-hybridized carbons (Fsp3) is 0.579. The number of hydrogen-bond donors (Lipinski definition) is 1. The number of hydrogen-bond acceptors (Lipinski definition) is 6. The third-order valence-electron chi connectivity index (χ3n) is 10.1. The van der Waals surface area contributed by atoms with Crippen molar-refractivity contribution in [2.24, 2.45) is 11.8 Å². The molecule has 0 radical (unpaired) electrons. The van der Waals surface area contributed by atoms with E-state index in [-0.39, 0.29) is 30.5 Å². The molecule has 1 atom stereocenters. The number of anilines is 1. The monoisotopic (exact) mass is 661 g/mol. The second-order valence-corrected chi connectivity index (χ2v) is 13.9. The van der Waals surface area contributed by atoms with E-state index in [0.29, 0.717) is 56.3 Å². The summed E-state index contributed by atoms with van der Waals surface area (Å²) in [6.07, 6.45) is 10.7. The quantitative estimate of drug-likeness (QED) is 0.210. The van der Waals surface area contributed by atoms with Gasteiger partial charge in [0.2, 0.25) is 5.91 Å². The minimum absolute atomic E-state index is 0.0515. The lowest BCUT2D eigenvalue weighted by molar-refractivity contribution is -0.124. The Kier molecular flexibility index (Phi) is 12.1. The lowest BCUT2D eigenvalue weighted by atomic mass is 9.78. The fourth-order valence-corrected chi connectivity index (χ4v) is 7.08. The van der Waals surface area contributed by atoms with Crippen LogP contribution in [0.4, 0.5) is 15.0 Å². The highest BCUT2D eigenvalue weighted by Crippen LogP contribution is 2.39.